The summed E-state index contributed by atoms with van der Waals surface area (Å²) in [5, 5.41) is 8.03. The van der Waals surface area contributed by atoms with Crippen molar-refractivity contribution in [1.29, 1.82) is 0 Å². The van der Waals surface area contributed by atoms with E-state index in [2.05, 4.69) is 52.6 Å². The van der Waals surface area contributed by atoms with E-state index in [1.54, 1.807) is 12.4 Å². The molecule has 0 saturated carbocycles. The second-order valence-electron chi connectivity index (χ2n) is 8.54. The number of benzene rings is 1. The highest BCUT2D eigenvalue weighted by molar-refractivity contribution is 5.83. The fourth-order valence-electron chi connectivity index (χ4n) is 2.18. The molecule has 0 amide bonds. The Bertz CT molecular complexity index is 504. The van der Waals surface area contributed by atoms with E-state index in [1.807, 2.05) is 24.3 Å². The van der Waals surface area contributed by atoms with Gasteiger partial charge in [0.2, 0.25) is 0 Å². The number of quaternary nitrogens is 2. The highest BCUT2D eigenvalue weighted by atomic mass is 16.6. The van der Waals surface area contributed by atoms with Crippen LogP contribution in [0.3, 0.4) is 0 Å². The van der Waals surface area contributed by atoms with Gasteiger partial charge in [0.15, 0.2) is 0 Å². The number of hydrogen-bond acceptors (Lipinski definition) is 4. The molecular formula is C20H36N4O2+2. The van der Waals surface area contributed by atoms with Crippen molar-refractivity contribution in [2.75, 3.05) is 68.6 Å². The predicted molar refractivity (Wildman–Crippen MR) is 109 cm³/mol. The van der Waals surface area contributed by atoms with E-state index in [0.29, 0.717) is 13.2 Å². The van der Waals surface area contributed by atoms with E-state index in [-0.39, 0.29) is 0 Å². The van der Waals surface area contributed by atoms with Crippen LogP contribution in [0.1, 0.15) is 24.0 Å². The third kappa shape index (κ3) is 12.4. The normalized spacial score (nSPS) is 12.8. The molecule has 146 valence electrons. The monoisotopic (exact) mass is 364 g/mol. The van der Waals surface area contributed by atoms with Gasteiger partial charge in [-0.2, -0.15) is 0 Å². The van der Waals surface area contributed by atoms with E-state index in [4.69, 9.17) is 9.68 Å². The molecule has 6 heteroatoms. The summed E-state index contributed by atoms with van der Waals surface area (Å²) in [5.74, 6) is 0. The summed E-state index contributed by atoms with van der Waals surface area (Å²) in [7, 11) is 13.0. The Morgan fingerprint density at radius 2 is 1.04 bits per heavy atom. The zero-order valence-electron chi connectivity index (χ0n) is 17.3. The number of nitrogens with zero attached hydrogens (tertiary/aromatic N) is 4. The quantitative estimate of drug-likeness (QED) is 0.248. The fourth-order valence-corrected chi connectivity index (χ4v) is 2.18. The minimum Gasteiger partial charge on any atom is -0.396 e. The van der Waals surface area contributed by atoms with Crippen LogP contribution < -0.4 is 0 Å². The molecule has 0 radical (unpaired) electrons. The molecule has 1 aromatic rings. The molecule has 0 saturated heterocycles. The van der Waals surface area contributed by atoms with Crippen molar-refractivity contribution in [3.63, 3.8) is 0 Å². The third-order valence-corrected chi connectivity index (χ3v) is 3.62. The summed E-state index contributed by atoms with van der Waals surface area (Å²) < 4.78 is 1.88. The van der Waals surface area contributed by atoms with Crippen LogP contribution in [0, 0.1) is 0 Å². The average molecular weight is 365 g/mol. The maximum atomic E-state index is 5.30. The van der Waals surface area contributed by atoms with Crippen LogP contribution in [-0.2, 0) is 9.68 Å². The maximum absolute atomic E-state index is 5.30. The van der Waals surface area contributed by atoms with Crippen molar-refractivity contribution in [1.82, 2.24) is 0 Å². The molecule has 0 aromatic heterocycles. The Balaban J connectivity index is 2.24. The van der Waals surface area contributed by atoms with Crippen molar-refractivity contribution in [3.05, 3.63) is 35.4 Å². The first-order valence-electron chi connectivity index (χ1n) is 9.17. The lowest BCUT2D eigenvalue weighted by atomic mass is 10.2. The Labute approximate surface area is 158 Å². The van der Waals surface area contributed by atoms with E-state index in [0.717, 1.165) is 46.0 Å². The topological polar surface area (TPSA) is 43.2 Å². The number of rotatable bonds is 12. The molecule has 0 unspecified atom stereocenters. The minimum absolute atomic E-state index is 0.641. The van der Waals surface area contributed by atoms with Gasteiger partial charge in [-0.05, 0) is 11.1 Å². The summed E-state index contributed by atoms with van der Waals surface area (Å²) in [6.45, 7) is 3.42. The molecule has 0 heterocycles. The van der Waals surface area contributed by atoms with Gasteiger partial charge in [0.25, 0.3) is 0 Å². The molecule has 0 spiro atoms. The van der Waals surface area contributed by atoms with E-state index in [1.165, 1.54) is 0 Å². The van der Waals surface area contributed by atoms with Crippen molar-refractivity contribution < 1.29 is 18.6 Å². The molecule has 0 atom stereocenters. The smallest absolute Gasteiger partial charge is 0.122 e. The second-order valence-corrected chi connectivity index (χ2v) is 8.54. The Morgan fingerprint density at radius 1 is 0.692 bits per heavy atom. The first kappa shape index (κ1) is 22.1. The van der Waals surface area contributed by atoms with Gasteiger partial charge in [0.05, 0.1) is 67.8 Å². The Morgan fingerprint density at radius 3 is 1.35 bits per heavy atom. The fraction of sp³-hybridized carbons (Fsp3) is 0.600. The molecule has 6 nitrogen and oxygen atoms in total. The summed E-state index contributed by atoms with van der Waals surface area (Å²) in [4.78, 5) is 10.6. The van der Waals surface area contributed by atoms with Gasteiger partial charge in [-0.25, -0.2) is 0 Å². The number of oxime groups is 2. The van der Waals surface area contributed by atoms with Crippen LogP contribution in [0.25, 0.3) is 0 Å². The van der Waals surface area contributed by atoms with Crippen LogP contribution in [0.2, 0.25) is 0 Å². The molecule has 1 aromatic carbocycles. The lowest BCUT2D eigenvalue weighted by Gasteiger charge is -2.23. The molecule has 0 aliphatic carbocycles. The van der Waals surface area contributed by atoms with Gasteiger partial charge in [-0.3, -0.25) is 0 Å². The summed E-state index contributed by atoms with van der Waals surface area (Å²) in [5.41, 5.74) is 2.00. The van der Waals surface area contributed by atoms with Gasteiger partial charge in [0.1, 0.15) is 13.2 Å². The maximum Gasteiger partial charge on any atom is 0.122 e. The van der Waals surface area contributed by atoms with E-state index < -0.39 is 0 Å². The van der Waals surface area contributed by atoms with Crippen LogP contribution in [0.5, 0.6) is 0 Å². The van der Waals surface area contributed by atoms with Crippen LogP contribution >= 0.6 is 0 Å². The molecule has 1 rings (SSSR count). The van der Waals surface area contributed by atoms with E-state index >= 15 is 0 Å². The minimum atomic E-state index is 0.641. The van der Waals surface area contributed by atoms with E-state index in [9.17, 15) is 0 Å². The summed E-state index contributed by atoms with van der Waals surface area (Å²) in [6.07, 6.45) is 5.44. The zero-order chi connectivity index (χ0) is 19.5. The van der Waals surface area contributed by atoms with Crippen LogP contribution in [0.4, 0.5) is 0 Å². The highest BCUT2D eigenvalue weighted by Gasteiger charge is 2.06. The molecular weight excluding hydrogens is 328 g/mol. The van der Waals surface area contributed by atoms with Crippen LogP contribution in [0.15, 0.2) is 34.6 Å². The van der Waals surface area contributed by atoms with Gasteiger partial charge in [-0.1, -0.05) is 34.6 Å². The largest absolute Gasteiger partial charge is 0.396 e. The number of hydrogen-bond donors (Lipinski definition) is 0. The van der Waals surface area contributed by atoms with Crippen LogP contribution in [-0.4, -0.2) is 90.0 Å². The van der Waals surface area contributed by atoms with Crippen molar-refractivity contribution in [2.24, 2.45) is 10.3 Å². The highest BCUT2D eigenvalue weighted by Crippen LogP contribution is 2.01. The first-order chi connectivity index (χ1) is 12.2. The first-order valence-corrected chi connectivity index (χ1v) is 9.17. The van der Waals surface area contributed by atoms with Gasteiger partial charge < -0.3 is 18.6 Å². The van der Waals surface area contributed by atoms with Gasteiger partial charge in [0, 0.05) is 12.8 Å². The Kier molecular flexibility index (Phi) is 9.30. The predicted octanol–water partition coefficient (Wildman–Crippen LogP) is 2.58. The average Bonchev–Trinajstić information content (AvgIpc) is 2.53. The van der Waals surface area contributed by atoms with Crippen molar-refractivity contribution in [3.8, 4) is 0 Å². The van der Waals surface area contributed by atoms with Crippen molar-refractivity contribution >= 4 is 12.4 Å². The zero-order valence-corrected chi connectivity index (χ0v) is 17.3. The molecule has 0 aliphatic rings. The lowest BCUT2D eigenvalue weighted by Crippen LogP contribution is -2.35. The molecule has 0 bridgehead atoms. The molecule has 0 N–H and O–H groups in total. The standard InChI is InChI=1S/C20H36N4O2/c1-23(2,3)13-7-15-25-21-17-19-9-11-20(12-10-19)18-22-26-16-8-14-24(4,5)6/h9-12,17-18H,7-8,13-16H2,1-6H3/q+2/b21-17+,22-18+. The Hall–Kier alpha value is -1.92. The van der Waals surface area contributed by atoms with Gasteiger partial charge in [-0.15, -0.1) is 0 Å². The summed E-state index contributed by atoms with van der Waals surface area (Å²) >= 11 is 0. The third-order valence-electron chi connectivity index (χ3n) is 3.62. The molecule has 0 fully saturated rings. The van der Waals surface area contributed by atoms with Gasteiger partial charge >= 0.3 is 0 Å². The van der Waals surface area contributed by atoms with Crippen molar-refractivity contribution in [2.45, 2.75) is 12.8 Å². The summed E-state index contributed by atoms with van der Waals surface area (Å²) in [6, 6.07) is 7.93. The second kappa shape index (κ2) is 10.9. The SMILES string of the molecule is C[N+](C)(C)CCCO/N=C/c1ccc(/C=N/OCCC[N+](C)(C)C)cc1. The molecule has 26 heavy (non-hydrogen) atoms. The lowest BCUT2D eigenvalue weighted by molar-refractivity contribution is -0.870. The molecule has 0 aliphatic heterocycles.